The summed E-state index contributed by atoms with van der Waals surface area (Å²) in [5, 5.41) is 14.7. The molecule has 0 bridgehead atoms. The van der Waals surface area contributed by atoms with Gasteiger partial charge in [-0.1, -0.05) is 36.9 Å². The van der Waals surface area contributed by atoms with Crippen LogP contribution in [0.25, 0.3) is 0 Å². The molecule has 112 valence electrons. The van der Waals surface area contributed by atoms with Gasteiger partial charge in [-0.15, -0.1) is 0 Å². The van der Waals surface area contributed by atoms with Gasteiger partial charge < -0.3 is 0 Å². The summed E-state index contributed by atoms with van der Waals surface area (Å²) in [6.07, 6.45) is 6.50. The second-order valence-electron chi connectivity index (χ2n) is 5.04. The van der Waals surface area contributed by atoms with E-state index in [1.807, 2.05) is 0 Å². The molecule has 0 spiro atoms. The molecule has 1 N–H and O–H groups in total. The molecule has 1 aliphatic carbocycles. The number of nitro groups is 1. The summed E-state index contributed by atoms with van der Waals surface area (Å²) < 4.78 is 0. The van der Waals surface area contributed by atoms with Crippen molar-refractivity contribution in [3.05, 3.63) is 38.9 Å². The summed E-state index contributed by atoms with van der Waals surface area (Å²) in [6, 6.07) is 4.36. The van der Waals surface area contributed by atoms with E-state index >= 15 is 0 Å². The van der Waals surface area contributed by atoms with Crippen LogP contribution in [0.2, 0.25) is 5.02 Å². The van der Waals surface area contributed by atoms with Crippen LogP contribution < -0.4 is 5.43 Å². The number of hydrogen-bond acceptors (Lipinski definition) is 4. The highest BCUT2D eigenvalue weighted by atomic mass is 35.5. The SMILES string of the molecule is O=C(N/N=C\c1ccc(Cl)c([N+](=O)[O-])c1)C1CCCCC1. The van der Waals surface area contributed by atoms with E-state index in [4.69, 9.17) is 11.6 Å². The molecule has 1 aromatic carbocycles. The van der Waals surface area contributed by atoms with Crippen molar-refractivity contribution in [3.63, 3.8) is 0 Å². The maximum atomic E-state index is 11.9. The highest BCUT2D eigenvalue weighted by molar-refractivity contribution is 6.32. The summed E-state index contributed by atoms with van der Waals surface area (Å²) in [6.45, 7) is 0. The van der Waals surface area contributed by atoms with Gasteiger partial charge in [0.25, 0.3) is 5.69 Å². The number of rotatable bonds is 4. The fourth-order valence-electron chi connectivity index (χ4n) is 2.38. The zero-order chi connectivity index (χ0) is 15.2. The van der Waals surface area contributed by atoms with Gasteiger partial charge in [-0.2, -0.15) is 5.10 Å². The first kappa shape index (κ1) is 15.4. The first-order chi connectivity index (χ1) is 10.1. The van der Waals surface area contributed by atoms with E-state index in [9.17, 15) is 14.9 Å². The lowest BCUT2D eigenvalue weighted by atomic mass is 9.89. The third kappa shape index (κ3) is 4.26. The first-order valence-corrected chi connectivity index (χ1v) is 7.22. The van der Waals surface area contributed by atoms with Gasteiger partial charge in [-0.05, 0) is 18.9 Å². The molecular weight excluding hydrogens is 294 g/mol. The topological polar surface area (TPSA) is 84.6 Å². The van der Waals surface area contributed by atoms with Crippen molar-refractivity contribution >= 4 is 29.4 Å². The van der Waals surface area contributed by atoms with Crippen molar-refractivity contribution in [1.29, 1.82) is 0 Å². The number of nitrogens with zero attached hydrogens (tertiary/aromatic N) is 2. The molecule has 6 nitrogen and oxygen atoms in total. The molecule has 2 rings (SSSR count). The number of amides is 1. The Morgan fingerprint density at radius 3 is 2.76 bits per heavy atom. The average Bonchev–Trinajstić information content (AvgIpc) is 2.49. The molecule has 0 atom stereocenters. The number of hydrazone groups is 1. The fourth-order valence-corrected chi connectivity index (χ4v) is 2.56. The number of nitro benzene ring substituents is 1. The molecule has 1 saturated carbocycles. The van der Waals surface area contributed by atoms with Crippen molar-refractivity contribution in [3.8, 4) is 0 Å². The van der Waals surface area contributed by atoms with E-state index in [-0.39, 0.29) is 22.5 Å². The third-order valence-corrected chi connectivity index (χ3v) is 3.85. The molecule has 1 fully saturated rings. The van der Waals surface area contributed by atoms with Crippen LogP contribution in [-0.4, -0.2) is 17.0 Å². The highest BCUT2D eigenvalue weighted by Crippen LogP contribution is 2.25. The van der Waals surface area contributed by atoms with Crippen molar-refractivity contribution in [1.82, 2.24) is 5.43 Å². The van der Waals surface area contributed by atoms with Crippen molar-refractivity contribution in [2.24, 2.45) is 11.0 Å². The molecule has 0 unspecified atom stereocenters. The van der Waals surface area contributed by atoms with E-state index in [0.717, 1.165) is 25.7 Å². The quantitative estimate of drug-likeness (QED) is 0.526. The van der Waals surface area contributed by atoms with E-state index in [0.29, 0.717) is 5.56 Å². The summed E-state index contributed by atoms with van der Waals surface area (Å²) >= 11 is 5.72. The van der Waals surface area contributed by atoms with Gasteiger partial charge in [0.1, 0.15) is 5.02 Å². The van der Waals surface area contributed by atoms with Crippen LogP contribution >= 0.6 is 11.6 Å². The first-order valence-electron chi connectivity index (χ1n) is 6.85. The van der Waals surface area contributed by atoms with E-state index < -0.39 is 4.92 Å². The lowest BCUT2D eigenvalue weighted by molar-refractivity contribution is -0.384. The molecule has 0 heterocycles. The van der Waals surface area contributed by atoms with Crippen molar-refractivity contribution in [2.75, 3.05) is 0 Å². The van der Waals surface area contributed by atoms with Crippen LogP contribution in [0, 0.1) is 16.0 Å². The zero-order valence-electron chi connectivity index (χ0n) is 11.4. The summed E-state index contributed by atoms with van der Waals surface area (Å²) in [7, 11) is 0. The maximum Gasteiger partial charge on any atom is 0.288 e. The van der Waals surface area contributed by atoms with Gasteiger partial charge >= 0.3 is 0 Å². The molecule has 0 saturated heterocycles. The number of nitrogens with one attached hydrogen (secondary N) is 1. The minimum absolute atomic E-state index is 0.0236. The van der Waals surface area contributed by atoms with E-state index in [1.54, 1.807) is 6.07 Å². The Kier molecular flexibility index (Phi) is 5.27. The van der Waals surface area contributed by atoms with Crippen LogP contribution in [0.1, 0.15) is 37.7 Å². The van der Waals surface area contributed by atoms with Gasteiger partial charge in [-0.25, -0.2) is 5.43 Å². The monoisotopic (exact) mass is 309 g/mol. The van der Waals surface area contributed by atoms with Gasteiger partial charge in [0.2, 0.25) is 5.91 Å². The fraction of sp³-hybridized carbons (Fsp3) is 0.429. The molecular formula is C14H16ClN3O3. The van der Waals surface area contributed by atoms with Gasteiger partial charge in [-0.3, -0.25) is 14.9 Å². The second kappa shape index (κ2) is 7.17. The van der Waals surface area contributed by atoms with E-state index in [2.05, 4.69) is 10.5 Å². The largest absolute Gasteiger partial charge is 0.288 e. The van der Waals surface area contributed by atoms with Crippen LogP contribution in [0.5, 0.6) is 0 Å². The molecule has 1 amide bonds. The predicted octanol–water partition coefficient (Wildman–Crippen LogP) is 3.28. The van der Waals surface area contributed by atoms with E-state index in [1.165, 1.54) is 24.8 Å². The number of halogens is 1. The Bertz CT molecular complexity index is 569. The van der Waals surface area contributed by atoms with Crippen LogP contribution in [0.15, 0.2) is 23.3 Å². The molecule has 1 aromatic rings. The number of carbonyl (C=O) groups is 1. The standard InChI is InChI=1S/C14H16ClN3O3/c15-12-7-6-10(8-13(12)18(20)21)9-16-17-14(19)11-4-2-1-3-5-11/h6-9,11H,1-5H2,(H,17,19)/b16-9-. The Balaban J connectivity index is 1.96. The minimum atomic E-state index is -0.555. The third-order valence-electron chi connectivity index (χ3n) is 3.53. The molecule has 1 aliphatic rings. The normalized spacial score (nSPS) is 16.0. The van der Waals surface area contributed by atoms with Gasteiger partial charge in [0.05, 0.1) is 11.1 Å². The maximum absolute atomic E-state index is 11.9. The number of carbonyl (C=O) groups excluding carboxylic acids is 1. The van der Waals surface area contributed by atoms with Crippen LogP contribution in [0.4, 0.5) is 5.69 Å². The molecule has 0 aromatic heterocycles. The molecule has 0 radical (unpaired) electrons. The predicted molar refractivity (Wildman–Crippen MR) is 80.4 cm³/mol. The number of hydrogen-bond donors (Lipinski definition) is 1. The van der Waals surface area contributed by atoms with Gasteiger partial charge in [0, 0.05) is 17.5 Å². The lowest BCUT2D eigenvalue weighted by Gasteiger charge is -2.19. The minimum Gasteiger partial charge on any atom is -0.273 e. The number of benzene rings is 1. The summed E-state index contributed by atoms with van der Waals surface area (Å²) in [5.41, 5.74) is 2.82. The molecule has 0 aliphatic heterocycles. The zero-order valence-corrected chi connectivity index (χ0v) is 12.2. The smallest absolute Gasteiger partial charge is 0.273 e. The average molecular weight is 310 g/mol. The Hall–Kier alpha value is -1.95. The van der Waals surface area contributed by atoms with Crippen LogP contribution in [0.3, 0.4) is 0 Å². The lowest BCUT2D eigenvalue weighted by Crippen LogP contribution is -2.28. The summed E-state index contributed by atoms with van der Waals surface area (Å²) in [4.78, 5) is 22.1. The molecule has 21 heavy (non-hydrogen) atoms. The Labute approximate surface area is 127 Å². The Morgan fingerprint density at radius 1 is 1.38 bits per heavy atom. The van der Waals surface area contributed by atoms with Gasteiger partial charge in [0.15, 0.2) is 0 Å². The Morgan fingerprint density at radius 2 is 2.10 bits per heavy atom. The van der Waals surface area contributed by atoms with Crippen molar-refractivity contribution < 1.29 is 9.72 Å². The summed E-state index contributed by atoms with van der Waals surface area (Å²) in [5.74, 6) is -0.0649. The highest BCUT2D eigenvalue weighted by Gasteiger charge is 2.20. The second-order valence-corrected chi connectivity index (χ2v) is 5.44. The molecule has 7 heteroatoms. The van der Waals surface area contributed by atoms with Crippen LogP contribution in [-0.2, 0) is 4.79 Å². The van der Waals surface area contributed by atoms with Crippen molar-refractivity contribution in [2.45, 2.75) is 32.1 Å².